The Hall–Kier alpha value is -2.07. The van der Waals surface area contributed by atoms with Crippen molar-refractivity contribution < 1.29 is 9.84 Å². The van der Waals surface area contributed by atoms with Gasteiger partial charge in [0.2, 0.25) is 5.43 Å². The van der Waals surface area contributed by atoms with Gasteiger partial charge in [-0.25, -0.2) is 0 Å². The van der Waals surface area contributed by atoms with Crippen molar-refractivity contribution in [3.05, 3.63) is 64.1 Å². The number of rotatable bonds is 6. The zero-order valence-electron chi connectivity index (χ0n) is 13.3. The fourth-order valence-electron chi connectivity index (χ4n) is 2.52. The first kappa shape index (κ1) is 16.3. The lowest BCUT2D eigenvalue weighted by Crippen LogP contribution is -2.24. The Kier molecular flexibility index (Phi) is 5.39. The Morgan fingerprint density at radius 2 is 1.86 bits per heavy atom. The van der Waals surface area contributed by atoms with Crippen LogP contribution in [-0.2, 0) is 6.61 Å². The highest BCUT2D eigenvalue weighted by atomic mass is 16.5. The van der Waals surface area contributed by atoms with Crippen LogP contribution < -0.4 is 10.2 Å². The van der Waals surface area contributed by atoms with E-state index in [1.54, 1.807) is 6.20 Å². The van der Waals surface area contributed by atoms with E-state index in [1.165, 1.54) is 6.07 Å². The second-order valence-electron chi connectivity index (χ2n) is 5.77. The third kappa shape index (κ3) is 3.57. The Morgan fingerprint density at radius 3 is 2.45 bits per heavy atom. The number of hydrogen-bond donors (Lipinski definition) is 1. The Labute approximate surface area is 131 Å². The molecule has 2 aromatic rings. The topological polar surface area (TPSA) is 51.5 Å². The molecule has 22 heavy (non-hydrogen) atoms. The molecule has 0 spiro atoms. The quantitative estimate of drug-likeness (QED) is 0.892. The highest BCUT2D eigenvalue weighted by Gasteiger charge is 2.18. The van der Waals surface area contributed by atoms with E-state index in [2.05, 4.69) is 0 Å². The molecule has 1 aromatic heterocycles. The van der Waals surface area contributed by atoms with E-state index in [0.29, 0.717) is 12.4 Å². The highest BCUT2D eigenvalue weighted by Crippen LogP contribution is 2.22. The van der Waals surface area contributed by atoms with Gasteiger partial charge in [0.25, 0.3) is 0 Å². The summed E-state index contributed by atoms with van der Waals surface area (Å²) in [5, 5.41) is 9.60. The van der Waals surface area contributed by atoms with Gasteiger partial charge in [0.05, 0.1) is 18.3 Å². The number of benzene rings is 1. The predicted molar refractivity (Wildman–Crippen MR) is 87.2 cm³/mol. The van der Waals surface area contributed by atoms with Crippen LogP contribution in [-0.4, -0.2) is 16.3 Å². The van der Waals surface area contributed by atoms with Crippen LogP contribution in [0.5, 0.6) is 5.75 Å². The van der Waals surface area contributed by atoms with Crippen molar-refractivity contribution in [2.45, 2.75) is 33.4 Å². The minimum atomic E-state index is -0.134. The van der Waals surface area contributed by atoms with Gasteiger partial charge >= 0.3 is 0 Å². The summed E-state index contributed by atoms with van der Waals surface area (Å²) in [6, 6.07) is 11.2. The zero-order valence-corrected chi connectivity index (χ0v) is 13.3. The van der Waals surface area contributed by atoms with Crippen LogP contribution in [0.25, 0.3) is 0 Å². The average molecular weight is 301 g/mol. The zero-order chi connectivity index (χ0) is 16.1. The first-order valence-corrected chi connectivity index (χ1v) is 7.54. The lowest BCUT2D eigenvalue weighted by atomic mass is 10.0. The first-order chi connectivity index (χ1) is 10.5. The number of nitrogens with zero attached hydrogens (tertiary/aromatic N) is 1. The van der Waals surface area contributed by atoms with Crippen molar-refractivity contribution in [2.75, 3.05) is 6.61 Å². The van der Waals surface area contributed by atoms with Gasteiger partial charge in [0.15, 0.2) is 5.75 Å². The maximum absolute atomic E-state index is 12.1. The number of aliphatic hydroxyl groups excluding tert-OH is 1. The third-order valence-corrected chi connectivity index (χ3v) is 3.87. The summed E-state index contributed by atoms with van der Waals surface area (Å²) >= 11 is 0. The van der Waals surface area contributed by atoms with Gasteiger partial charge in [-0.15, -0.1) is 0 Å². The van der Waals surface area contributed by atoms with Gasteiger partial charge in [-0.1, -0.05) is 44.2 Å². The van der Waals surface area contributed by atoms with Gasteiger partial charge in [0, 0.05) is 12.3 Å². The second kappa shape index (κ2) is 7.27. The van der Waals surface area contributed by atoms with Crippen molar-refractivity contribution in [1.29, 1.82) is 0 Å². The Morgan fingerprint density at radius 1 is 1.18 bits per heavy atom. The standard InChI is InChI=1S/C18H23NO3/c1-13(2)16(11-20)19-10-9-17(21)18(14(19)3)22-12-15-7-5-4-6-8-15/h4-10,13,16,20H,11-12H2,1-3H3/t16-/m1/s1. The molecule has 0 saturated heterocycles. The number of pyridine rings is 1. The number of aromatic nitrogens is 1. The molecule has 2 rings (SSSR count). The van der Waals surface area contributed by atoms with E-state index in [0.717, 1.165) is 11.3 Å². The summed E-state index contributed by atoms with van der Waals surface area (Å²) in [5.74, 6) is 0.610. The molecule has 118 valence electrons. The smallest absolute Gasteiger partial charge is 0.223 e. The van der Waals surface area contributed by atoms with Crippen LogP contribution in [0.1, 0.15) is 31.1 Å². The molecule has 1 heterocycles. The SMILES string of the molecule is Cc1c(OCc2ccccc2)c(=O)ccn1[C@H](CO)C(C)C. The Bertz CT molecular complexity index is 662. The summed E-state index contributed by atoms with van der Waals surface area (Å²) in [6.45, 7) is 6.32. The van der Waals surface area contributed by atoms with E-state index in [9.17, 15) is 9.90 Å². The fourth-order valence-corrected chi connectivity index (χ4v) is 2.52. The lowest BCUT2D eigenvalue weighted by molar-refractivity contribution is 0.188. The predicted octanol–water partition coefficient (Wildman–Crippen LogP) is 2.93. The van der Waals surface area contributed by atoms with Crippen LogP contribution in [0.15, 0.2) is 47.4 Å². The van der Waals surface area contributed by atoms with Gasteiger partial charge in [-0.2, -0.15) is 0 Å². The molecular formula is C18H23NO3. The summed E-state index contributed by atoms with van der Waals surface area (Å²) in [4.78, 5) is 12.1. The molecule has 0 aliphatic carbocycles. The van der Waals surface area contributed by atoms with E-state index >= 15 is 0 Å². The number of ether oxygens (including phenoxy) is 1. The van der Waals surface area contributed by atoms with Crippen LogP contribution in [0, 0.1) is 12.8 Å². The molecule has 0 saturated carbocycles. The Balaban J connectivity index is 2.29. The molecule has 0 aliphatic heterocycles. The number of hydrogen-bond acceptors (Lipinski definition) is 3. The highest BCUT2D eigenvalue weighted by molar-refractivity contribution is 5.28. The number of aliphatic hydroxyl groups is 1. The fraction of sp³-hybridized carbons (Fsp3) is 0.389. The average Bonchev–Trinajstić information content (AvgIpc) is 2.51. The second-order valence-corrected chi connectivity index (χ2v) is 5.77. The van der Waals surface area contributed by atoms with E-state index in [-0.39, 0.29) is 24.0 Å². The van der Waals surface area contributed by atoms with Crippen molar-refractivity contribution >= 4 is 0 Å². The summed E-state index contributed by atoms with van der Waals surface area (Å²) in [7, 11) is 0. The van der Waals surface area contributed by atoms with E-state index < -0.39 is 0 Å². The normalized spacial score (nSPS) is 12.4. The lowest BCUT2D eigenvalue weighted by Gasteiger charge is -2.25. The first-order valence-electron chi connectivity index (χ1n) is 7.54. The molecule has 1 N–H and O–H groups in total. The van der Waals surface area contributed by atoms with Crippen LogP contribution in [0.3, 0.4) is 0 Å². The van der Waals surface area contributed by atoms with Gasteiger partial charge in [-0.05, 0) is 18.4 Å². The van der Waals surface area contributed by atoms with Crippen LogP contribution in [0.2, 0.25) is 0 Å². The van der Waals surface area contributed by atoms with Gasteiger partial charge < -0.3 is 14.4 Å². The molecule has 0 aliphatic rings. The molecular weight excluding hydrogens is 278 g/mol. The largest absolute Gasteiger partial charge is 0.483 e. The maximum Gasteiger partial charge on any atom is 0.223 e. The molecule has 1 aromatic carbocycles. The molecule has 4 heteroatoms. The summed E-state index contributed by atoms with van der Waals surface area (Å²) < 4.78 is 7.68. The molecule has 0 unspecified atom stereocenters. The van der Waals surface area contributed by atoms with Crippen LogP contribution in [0.4, 0.5) is 0 Å². The molecule has 0 fully saturated rings. The minimum absolute atomic E-state index is 0.0273. The summed E-state index contributed by atoms with van der Waals surface area (Å²) in [6.07, 6.45) is 1.73. The third-order valence-electron chi connectivity index (χ3n) is 3.87. The molecule has 0 radical (unpaired) electrons. The molecule has 0 amide bonds. The molecule has 4 nitrogen and oxygen atoms in total. The van der Waals surface area contributed by atoms with Crippen molar-refractivity contribution in [1.82, 2.24) is 4.57 Å². The minimum Gasteiger partial charge on any atom is -0.483 e. The maximum atomic E-state index is 12.1. The van der Waals surface area contributed by atoms with Crippen molar-refractivity contribution in [3.8, 4) is 5.75 Å². The van der Waals surface area contributed by atoms with E-state index in [1.807, 2.05) is 55.7 Å². The summed E-state index contributed by atoms with van der Waals surface area (Å²) in [5.41, 5.74) is 1.63. The molecule has 0 bridgehead atoms. The monoisotopic (exact) mass is 301 g/mol. The van der Waals surface area contributed by atoms with Gasteiger partial charge in [-0.3, -0.25) is 4.79 Å². The van der Waals surface area contributed by atoms with Crippen molar-refractivity contribution in [2.24, 2.45) is 5.92 Å². The van der Waals surface area contributed by atoms with E-state index in [4.69, 9.17) is 4.74 Å². The van der Waals surface area contributed by atoms with Crippen molar-refractivity contribution in [3.63, 3.8) is 0 Å². The van der Waals surface area contributed by atoms with Gasteiger partial charge in [0.1, 0.15) is 6.61 Å². The molecule has 1 atom stereocenters. The van der Waals surface area contributed by atoms with Crippen LogP contribution >= 0.6 is 0 Å².